The lowest BCUT2D eigenvalue weighted by molar-refractivity contribution is -0.0511. The molecule has 0 aromatic carbocycles. The summed E-state index contributed by atoms with van der Waals surface area (Å²) in [5.74, 6) is -0.844. The van der Waals surface area contributed by atoms with Crippen molar-refractivity contribution in [1.82, 2.24) is 29.3 Å². The number of anilines is 1. The average molecular weight is 461 g/mol. The first-order chi connectivity index (χ1) is 15.9. The van der Waals surface area contributed by atoms with Crippen LogP contribution in [0.4, 0.5) is 5.82 Å². The zero-order valence-electron chi connectivity index (χ0n) is 17.3. The summed E-state index contributed by atoms with van der Waals surface area (Å²) in [7, 11) is 0. The Bertz CT molecular complexity index is 1180. The average Bonchev–Trinajstić information content (AvgIpc) is 3.57. The largest absolute Gasteiger partial charge is 0.478 e. The maximum Gasteiger partial charge on any atom is 0.338 e. The van der Waals surface area contributed by atoms with Gasteiger partial charge in [-0.05, 0) is 19.3 Å². The molecule has 6 atom stereocenters. The van der Waals surface area contributed by atoms with E-state index < -0.39 is 43.2 Å². The van der Waals surface area contributed by atoms with Crippen LogP contribution in [0.25, 0.3) is 17.1 Å². The number of aromatic nitrogens is 6. The van der Waals surface area contributed by atoms with Gasteiger partial charge in [0.25, 0.3) is 5.95 Å². The van der Waals surface area contributed by atoms with E-state index in [-0.39, 0.29) is 23.2 Å². The van der Waals surface area contributed by atoms with E-state index in [0.29, 0.717) is 17.8 Å². The number of carboxylic acids is 1. The Morgan fingerprint density at radius 1 is 1.21 bits per heavy atom. The number of imidazole rings is 1. The highest BCUT2D eigenvalue weighted by Crippen LogP contribution is 2.33. The van der Waals surface area contributed by atoms with Crippen LogP contribution in [-0.2, 0) is 4.74 Å². The molecule has 1 aliphatic heterocycles. The Morgan fingerprint density at radius 3 is 2.67 bits per heavy atom. The smallest absolute Gasteiger partial charge is 0.338 e. The topological polar surface area (TPSA) is 201 Å². The van der Waals surface area contributed by atoms with E-state index >= 15 is 0 Å². The maximum absolute atomic E-state index is 11.3. The number of carbonyl (C=O) groups is 1. The number of fused-ring (bicyclic) bond motifs is 1. The molecule has 0 radical (unpaired) electrons. The summed E-state index contributed by atoms with van der Waals surface area (Å²) >= 11 is 0. The van der Waals surface area contributed by atoms with Gasteiger partial charge in [-0.15, -0.1) is 0 Å². The molecule has 2 aliphatic rings. The molecule has 14 nitrogen and oxygen atoms in total. The van der Waals surface area contributed by atoms with Crippen LogP contribution in [0.15, 0.2) is 18.7 Å². The van der Waals surface area contributed by atoms with E-state index in [1.807, 2.05) is 0 Å². The number of ether oxygens (including phenoxy) is 1. The second kappa shape index (κ2) is 8.31. The number of hydrogen-bond donors (Lipinski definition) is 6. The van der Waals surface area contributed by atoms with Gasteiger partial charge in [-0.1, -0.05) is 0 Å². The van der Waals surface area contributed by atoms with Crippen molar-refractivity contribution in [3.05, 3.63) is 24.3 Å². The van der Waals surface area contributed by atoms with Crippen LogP contribution >= 0.6 is 0 Å². The molecule has 6 N–H and O–H groups in total. The molecule has 4 heterocycles. The SMILES string of the molecule is O=C(O)c1cnn(-c2nc(N[C@@H]3CCC[C@H]3O)c3ncn([C@@H]4O[C@H](CO)C(O)C4O)c3n2)c1. The highest BCUT2D eigenvalue weighted by atomic mass is 16.6. The number of aliphatic hydroxyl groups excluding tert-OH is 4. The number of carboxylic acid groups (broad SMARTS) is 1. The quantitative estimate of drug-likeness (QED) is 0.252. The van der Waals surface area contributed by atoms with Gasteiger partial charge in [-0.25, -0.2) is 14.5 Å². The van der Waals surface area contributed by atoms with E-state index in [1.54, 1.807) is 0 Å². The third-order valence-corrected chi connectivity index (χ3v) is 6.04. The minimum atomic E-state index is -1.35. The van der Waals surface area contributed by atoms with Crippen LogP contribution < -0.4 is 5.32 Å². The van der Waals surface area contributed by atoms with E-state index in [9.17, 15) is 30.3 Å². The van der Waals surface area contributed by atoms with Gasteiger partial charge in [0, 0.05) is 6.20 Å². The van der Waals surface area contributed by atoms with Crippen LogP contribution in [-0.4, -0.2) is 97.9 Å². The number of hydrogen-bond acceptors (Lipinski definition) is 11. The van der Waals surface area contributed by atoms with Crippen molar-refractivity contribution in [2.75, 3.05) is 11.9 Å². The van der Waals surface area contributed by atoms with E-state index in [1.165, 1.54) is 21.8 Å². The minimum absolute atomic E-state index is 0.0264. The normalized spacial score (nSPS) is 29.7. The van der Waals surface area contributed by atoms with Crippen molar-refractivity contribution < 1.29 is 35.1 Å². The molecule has 1 saturated carbocycles. The van der Waals surface area contributed by atoms with Crippen LogP contribution in [0.2, 0.25) is 0 Å². The molecular formula is C19H23N7O7. The number of rotatable bonds is 6. The Hall–Kier alpha value is -3.17. The molecule has 2 fully saturated rings. The second-order valence-electron chi connectivity index (χ2n) is 8.15. The Balaban J connectivity index is 1.61. The first-order valence-electron chi connectivity index (χ1n) is 10.5. The lowest BCUT2D eigenvalue weighted by Gasteiger charge is -2.19. The molecule has 14 heteroatoms. The monoisotopic (exact) mass is 461 g/mol. The Morgan fingerprint density at radius 2 is 2.03 bits per heavy atom. The van der Waals surface area contributed by atoms with Crippen molar-refractivity contribution in [3.8, 4) is 5.95 Å². The molecule has 0 amide bonds. The Kier molecular flexibility index (Phi) is 5.46. The molecular weight excluding hydrogens is 438 g/mol. The lowest BCUT2D eigenvalue weighted by atomic mass is 10.1. The molecule has 1 aliphatic carbocycles. The maximum atomic E-state index is 11.3. The van der Waals surface area contributed by atoms with Gasteiger partial charge in [0.1, 0.15) is 18.3 Å². The molecule has 176 valence electrons. The van der Waals surface area contributed by atoms with Gasteiger partial charge in [0.15, 0.2) is 23.2 Å². The fourth-order valence-corrected chi connectivity index (χ4v) is 4.23. The van der Waals surface area contributed by atoms with Crippen molar-refractivity contribution in [3.63, 3.8) is 0 Å². The molecule has 3 aromatic rings. The van der Waals surface area contributed by atoms with Crippen molar-refractivity contribution >= 4 is 23.0 Å². The zero-order chi connectivity index (χ0) is 23.3. The molecule has 1 saturated heterocycles. The Labute approximate surface area is 186 Å². The van der Waals surface area contributed by atoms with E-state index in [2.05, 4.69) is 25.4 Å². The molecule has 5 rings (SSSR count). The third-order valence-electron chi connectivity index (χ3n) is 6.04. The molecule has 33 heavy (non-hydrogen) atoms. The third kappa shape index (κ3) is 3.71. The number of nitrogens with zero attached hydrogens (tertiary/aromatic N) is 6. The lowest BCUT2D eigenvalue weighted by Crippen LogP contribution is -2.33. The summed E-state index contributed by atoms with van der Waals surface area (Å²) in [6.07, 6.45) is 0.704. The molecule has 0 bridgehead atoms. The van der Waals surface area contributed by atoms with Crippen molar-refractivity contribution in [1.29, 1.82) is 0 Å². The molecule has 2 unspecified atom stereocenters. The second-order valence-corrected chi connectivity index (χ2v) is 8.15. The highest BCUT2D eigenvalue weighted by molar-refractivity contribution is 5.87. The van der Waals surface area contributed by atoms with E-state index in [4.69, 9.17) is 4.74 Å². The predicted octanol–water partition coefficient (Wildman–Crippen LogP) is -1.35. The summed E-state index contributed by atoms with van der Waals surface area (Å²) in [5.41, 5.74) is 0.481. The van der Waals surface area contributed by atoms with Crippen LogP contribution in [0.1, 0.15) is 35.8 Å². The summed E-state index contributed by atoms with van der Waals surface area (Å²) in [4.78, 5) is 24.5. The number of aromatic carboxylic acids is 1. The van der Waals surface area contributed by atoms with Gasteiger partial charge in [0.05, 0.1) is 36.8 Å². The predicted molar refractivity (Wildman–Crippen MR) is 110 cm³/mol. The molecule has 0 spiro atoms. The summed E-state index contributed by atoms with van der Waals surface area (Å²) in [6, 6.07) is -0.262. The van der Waals surface area contributed by atoms with Gasteiger partial charge < -0.3 is 35.6 Å². The summed E-state index contributed by atoms with van der Waals surface area (Å²) in [6.45, 7) is -0.487. The summed E-state index contributed by atoms with van der Waals surface area (Å²) < 4.78 is 8.20. The van der Waals surface area contributed by atoms with Gasteiger partial charge >= 0.3 is 5.97 Å². The first-order valence-corrected chi connectivity index (χ1v) is 10.5. The standard InChI is InChI=1S/C19H23N7O7/c27-6-11-13(29)14(30)17(33-11)25-7-20-12-15(22-9-2-1-3-10(9)28)23-19(24-16(12)25)26-5-8(4-21-26)18(31)32/h4-5,7,9-11,13-14,17,27-30H,1-3,6H2,(H,31,32)(H,22,23,24)/t9-,10-,11-,13?,14?,17-/m1/s1. The first kappa shape index (κ1) is 21.7. The summed E-state index contributed by atoms with van der Waals surface area (Å²) in [5, 5.41) is 56.7. The van der Waals surface area contributed by atoms with E-state index in [0.717, 1.165) is 19.0 Å². The highest BCUT2D eigenvalue weighted by Gasteiger charge is 2.44. The van der Waals surface area contributed by atoms with Gasteiger partial charge in [0.2, 0.25) is 0 Å². The van der Waals surface area contributed by atoms with Crippen LogP contribution in [0, 0.1) is 0 Å². The van der Waals surface area contributed by atoms with Crippen molar-refractivity contribution in [2.45, 2.75) is 55.9 Å². The number of aliphatic hydroxyl groups is 4. The minimum Gasteiger partial charge on any atom is -0.478 e. The van der Waals surface area contributed by atoms with Gasteiger partial charge in [-0.3, -0.25) is 4.57 Å². The van der Waals surface area contributed by atoms with Gasteiger partial charge in [-0.2, -0.15) is 15.1 Å². The van der Waals surface area contributed by atoms with Crippen LogP contribution in [0.3, 0.4) is 0 Å². The fourth-order valence-electron chi connectivity index (χ4n) is 4.23. The zero-order valence-corrected chi connectivity index (χ0v) is 17.3. The fraction of sp³-hybridized carbons (Fsp3) is 0.526. The number of nitrogens with one attached hydrogen (secondary N) is 1. The van der Waals surface area contributed by atoms with Crippen LogP contribution in [0.5, 0.6) is 0 Å². The molecule has 3 aromatic heterocycles. The van der Waals surface area contributed by atoms with Crippen molar-refractivity contribution in [2.24, 2.45) is 0 Å².